The lowest BCUT2D eigenvalue weighted by atomic mass is 10.0. The number of ketones is 2. The van der Waals surface area contributed by atoms with Crippen LogP contribution in [-0.4, -0.2) is 17.5 Å². The van der Waals surface area contributed by atoms with Crippen LogP contribution < -0.4 is 5.73 Å². The molecule has 0 heterocycles. The number of primary amides is 1. The normalized spacial score (nSPS) is 8.31. The van der Waals surface area contributed by atoms with Crippen molar-refractivity contribution >= 4 is 17.5 Å². The molecule has 13 heavy (non-hydrogen) atoms. The molecule has 4 heteroatoms. The number of carbonyl (C=O) groups excluding carboxylic acids is 3. The van der Waals surface area contributed by atoms with Crippen LogP contribution in [0.1, 0.15) is 20.8 Å². The predicted octanol–water partition coefficient (Wildman–Crippen LogP) is 0.458. The molecule has 74 valence electrons. The lowest BCUT2D eigenvalue weighted by Crippen LogP contribution is -2.14. The van der Waals surface area contributed by atoms with Crippen molar-refractivity contribution in [1.82, 2.24) is 0 Å². The minimum absolute atomic E-state index is 0.0579. The quantitative estimate of drug-likeness (QED) is 0.512. The monoisotopic (exact) mass is 185 g/mol. The number of hydrogen-bond donors (Lipinski definition) is 1. The summed E-state index contributed by atoms with van der Waals surface area (Å²) in [5.41, 5.74) is 4.53. The van der Waals surface area contributed by atoms with Gasteiger partial charge in [0.25, 0.3) is 0 Å². The van der Waals surface area contributed by atoms with Crippen LogP contribution in [0.25, 0.3) is 0 Å². The molecule has 0 spiro atoms. The van der Waals surface area contributed by atoms with Crippen molar-refractivity contribution in [2.75, 3.05) is 0 Å². The highest BCUT2D eigenvalue weighted by Crippen LogP contribution is 1.95. The zero-order valence-electron chi connectivity index (χ0n) is 8.16. The predicted molar refractivity (Wildman–Crippen MR) is 49.9 cm³/mol. The van der Waals surface area contributed by atoms with Crippen molar-refractivity contribution in [2.45, 2.75) is 20.8 Å². The standard InChI is InChI=1S/C6H10O2.C3H5NO/c1-4(5(2)7)6(3)8;1-2-3(4)5/h4H,1-3H3;2H,1H2,(H2,4,5). The smallest absolute Gasteiger partial charge is 0.240 e. The highest BCUT2D eigenvalue weighted by Gasteiger charge is 2.10. The summed E-state index contributed by atoms with van der Waals surface area (Å²) in [7, 11) is 0. The van der Waals surface area contributed by atoms with Crippen molar-refractivity contribution in [3.05, 3.63) is 12.7 Å². The van der Waals surface area contributed by atoms with Crippen LogP contribution in [0.15, 0.2) is 12.7 Å². The highest BCUT2D eigenvalue weighted by atomic mass is 16.2. The van der Waals surface area contributed by atoms with E-state index in [4.69, 9.17) is 0 Å². The van der Waals surface area contributed by atoms with Gasteiger partial charge in [0.2, 0.25) is 5.91 Å². The van der Waals surface area contributed by atoms with E-state index >= 15 is 0 Å². The maximum absolute atomic E-state index is 10.4. The molecule has 0 radical (unpaired) electrons. The SMILES string of the molecule is C=CC(N)=O.CC(=O)C(C)C(C)=O. The molecule has 2 N–H and O–H groups in total. The van der Waals surface area contributed by atoms with Crippen LogP contribution in [0.2, 0.25) is 0 Å². The summed E-state index contributed by atoms with van der Waals surface area (Å²) in [6, 6.07) is 0. The Morgan fingerprint density at radius 1 is 1.23 bits per heavy atom. The van der Waals surface area contributed by atoms with Crippen molar-refractivity contribution < 1.29 is 14.4 Å². The van der Waals surface area contributed by atoms with Gasteiger partial charge in [0.05, 0.1) is 5.92 Å². The van der Waals surface area contributed by atoms with Crippen LogP contribution in [0.3, 0.4) is 0 Å². The molecular formula is C9H15NO3. The first-order chi connectivity index (χ1) is 5.82. The fourth-order valence-electron chi connectivity index (χ4n) is 0.286. The van der Waals surface area contributed by atoms with E-state index in [1.807, 2.05) is 0 Å². The fourth-order valence-corrected chi connectivity index (χ4v) is 0.286. The maximum Gasteiger partial charge on any atom is 0.240 e. The molecule has 0 bridgehead atoms. The fraction of sp³-hybridized carbons (Fsp3) is 0.444. The van der Waals surface area contributed by atoms with Gasteiger partial charge < -0.3 is 5.73 Å². The van der Waals surface area contributed by atoms with Gasteiger partial charge in [-0.15, -0.1) is 0 Å². The second kappa shape index (κ2) is 7.21. The Bertz CT molecular complexity index is 207. The number of nitrogens with two attached hydrogens (primary N) is 1. The van der Waals surface area contributed by atoms with E-state index in [-0.39, 0.29) is 11.6 Å². The van der Waals surface area contributed by atoms with E-state index in [1.165, 1.54) is 13.8 Å². The molecule has 0 aromatic carbocycles. The zero-order valence-corrected chi connectivity index (χ0v) is 8.16. The lowest BCUT2D eigenvalue weighted by molar-refractivity contribution is -0.129. The van der Waals surface area contributed by atoms with Gasteiger partial charge in [-0.25, -0.2) is 0 Å². The molecule has 0 aliphatic carbocycles. The highest BCUT2D eigenvalue weighted by molar-refractivity contribution is 5.99. The van der Waals surface area contributed by atoms with Crippen LogP contribution in [0.4, 0.5) is 0 Å². The zero-order chi connectivity index (χ0) is 11.0. The topological polar surface area (TPSA) is 77.2 Å². The molecule has 0 saturated heterocycles. The molecule has 0 saturated carbocycles. The average molecular weight is 185 g/mol. The van der Waals surface area contributed by atoms with Crippen molar-refractivity contribution in [2.24, 2.45) is 11.7 Å². The van der Waals surface area contributed by atoms with E-state index in [9.17, 15) is 14.4 Å². The third kappa shape index (κ3) is 10.6. The summed E-state index contributed by atoms with van der Waals surface area (Å²) in [6.45, 7) is 7.55. The van der Waals surface area contributed by atoms with E-state index in [2.05, 4.69) is 12.3 Å². The number of Topliss-reactive ketones (excluding diaryl/α,β-unsaturated/α-hetero) is 2. The Morgan fingerprint density at radius 3 is 1.46 bits per heavy atom. The van der Waals surface area contributed by atoms with Crippen molar-refractivity contribution in [3.8, 4) is 0 Å². The molecule has 4 nitrogen and oxygen atoms in total. The van der Waals surface area contributed by atoms with Crippen LogP contribution in [0, 0.1) is 5.92 Å². The second-order valence-electron chi connectivity index (χ2n) is 2.55. The molecule has 0 aliphatic heterocycles. The van der Waals surface area contributed by atoms with Gasteiger partial charge in [-0.2, -0.15) is 0 Å². The lowest BCUT2D eigenvalue weighted by Gasteiger charge is -1.97. The van der Waals surface area contributed by atoms with E-state index < -0.39 is 11.8 Å². The van der Waals surface area contributed by atoms with Gasteiger partial charge in [-0.05, 0) is 26.8 Å². The summed E-state index contributed by atoms with van der Waals surface area (Å²) in [5.74, 6) is -1.00. The van der Waals surface area contributed by atoms with Gasteiger partial charge in [-0.1, -0.05) is 6.58 Å². The van der Waals surface area contributed by atoms with Gasteiger partial charge in [-0.3, -0.25) is 14.4 Å². The van der Waals surface area contributed by atoms with Crippen molar-refractivity contribution in [1.29, 1.82) is 0 Å². The van der Waals surface area contributed by atoms with E-state index in [1.54, 1.807) is 6.92 Å². The van der Waals surface area contributed by atoms with Crippen LogP contribution in [0.5, 0.6) is 0 Å². The summed E-state index contributed by atoms with van der Waals surface area (Å²) in [4.78, 5) is 30.2. The van der Waals surface area contributed by atoms with Crippen molar-refractivity contribution in [3.63, 3.8) is 0 Å². The Labute approximate surface area is 77.8 Å². The van der Waals surface area contributed by atoms with E-state index in [0.717, 1.165) is 6.08 Å². The van der Waals surface area contributed by atoms with Gasteiger partial charge in [0.1, 0.15) is 11.6 Å². The number of amides is 1. The maximum atomic E-state index is 10.4. The molecule has 0 fully saturated rings. The molecule has 0 atom stereocenters. The summed E-state index contributed by atoms with van der Waals surface area (Å²) in [6.07, 6.45) is 1.06. The summed E-state index contributed by atoms with van der Waals surface area (Å²) >= 11 is 0. The van der Waals surface area contributed by atoms with Gasteiger partial charge in [0, 0.05) is 0 Å². The van der Waals surface area contributed by atoms with E-state index in [0.29, 0.717) is 0 Å². The second-order valence-corrected chi connectivity index (χ2v) is 2.55. The largest absolute Gasteiger partial charge is 0.366 e. The van der Waals surface area contributed by atoms with Gasteiger partial charge >= 0.3 is 0 Å². The van der Waals surface area contributed by atoms with Crippen LogP contribution in [-0.2, 0) is 14.4 Å². The number of carbonyl (C=O) groups is 3. The first kappa shape index (κ1) is 14.1. The Morgan fingerprint density at radius 2 is 1.46 bits per heavy atom. The molecule has 0 aromatic heterocycles. The average Bonchev–Trinajstić information content (AvgIpc) is 2.03. The Balaban J connectivity index is 0. The first-order valence-corrected chi connectivity index (χ1v) is 3.75. The Kier molecular flexibility index (Phi) is 7.82. The van der Waals surface area contributed by atoms with Gasteiger partial charge in [0.15, 0.2) is 0 Å². The molecule has 1 amide bonds. The molecular weight excluding hydrogens is 170 g/mol. The minimum Gasteiger partial charge on any atom is -0.366 e. The minimum atomic E-state index is -0.481. The summed E-state index contributed by atoms with van der Waals surface area (Å²) in [5, 5.41) is 0. The molecule has 0 rings (SSSR count). The number of rotatable bonds is 3. The Hall–Kier alpha value is -1.45. The summed E-state index contributed by atoms with van der Waals surface area (Å²) < 4.78 is 0. The third-order valence-electron chi connectivity index (χ3n) is 1.42. The van der Waals surface area contributed by atoms with Crippen LogP contribution >= 0.6 is 0 Å². The molecule has 0 aliphatic rings. The first-order valence-electron chi connectivity index (χ1n) is 3.75. The molecule has 0 unspecified atom stereocenters. The third-order valence-corrected chi connectivity index (χ3v) is 1.42. The molecule has 0 aromatic rings. The number of hydrogen-bond acceptors (Lipinski definition) is 3.